The van der Waals surface area contributed by atoms with Crippen LogP contribution in [-0.2, 0) is 6.18 Å². The van der Waals surface area contributed by atoms with Gasteiger partial charge in [-0.25, -0.2) is 0 Å². The number of rotatable bonds is 5. The molecule has 0 saturated carbocycles. The minimum Gasteiger partial charge on any atom is -0.459 e. The molecule has 0 atom stereocenters. The van der Waals surface area contributed by atoms with Crippen molar-refractivity contribution in [1.29, 1.82) is 0 Å². The van der Waals surface area contributed by atoms with E-state index in [-0.39, 0.29) is 17.0 Å². The minimum atomic E-state index is -4.65. The lowest BCUT2D eigenvalue weighted by Gasteiger charge is -2.34. The Hall–Kier alpha value is -3.79. The van der Waals surface area contributed by atoms with Crippen LogP contribution in [0.1, 0.15) is 26.5 Å². The molecule has 1 aromatic heterocycles. The van der Waals surface area contributed by atoms with Crippen LogP contribution in [0.4, 0.5) is 30.2 Å². The maximum Gasteiger partial charge on any atom is 0.418 e. The molecule has 3 aromatic rings. The second-order valence-electron chi connectivity index (χ2n) is 7.98. The number of carbonyl (C=O) groups is 2. The zero-order chi connectivity index (χ0) is 24.3. The lowest BCUT2D eigenvalue weighted by atomic mass is 10.1. The topological polar surface area (TPSA) is 77.8 Å². The summed E-state index contributed by atoms with van der Waals surface area (Å²) in [7, 11) is 1.97. The Kier molecular flexibility index (Phi) is 6.60. The quantitative estimate of drug-likeness (QED) is 0.570. The highest BCUT2D eigenvalue weighted by Gasteiger charge is 2.35. The van der Waals surface area contributed by atoms with Gasteiger partial charge in [0.15, 0.2) is 5.76 Å². The van der Waals surface area contributed by atoms with E-state index in [0.717, 1.165) is 19.2 Å². The molecule has 4 rings (SSSR count). The van der Waals surface area contributed by atoms with Crippen LogP contribution >= 0.6 is 0 Å². The van der Waals surface area contributed by atoms with E-state index in [0.29, 0.717) is 24.5 Å². The second-order valence-corrected chi connectivity index (χ2v) is 7.98. The predicted molar refractivity (Wildman–Crippen MR) is 122 cm³/mol. The third-order valence-corrected chi connectivity index (χ3v) is 5.55. The van der Waals surface area contributed by atoms with E-state index in [9.17, 15) is 22.8 Å². The minimum absolute atomic E-state index is 0.0881. The number of carbonyl (C=O) groups excluding carboxylic acids is 2. The third kappa shape index (κ3) is 5.40. The lowest BCUT2D eigenvalue weighted by Crippen LogP contribution is -2.44. The Bertz CT molecular complexity index is 1170. The fourth-order valence-corrected chi connectivity index (χ4v) is 3.67. The number of nitrogens with zero attached hydrogens (tertiary/aromatic N) is 2. The van der Waals surface area contributed by atoms with Gasteiger partial charge in [0.25, 0.3) is 11.8 Å². The number of benzene rings is 2. The summed E-state index contributed by atoms with van der Waals surface area (Å²) in [4.78, 5) is 28.9. The smallest absolute Gasteiger partial charge is 0.418 e. The summed E-state index contributed by atoms with van der Waals surface area (Å²) >= 11 is 0. The van der Waals surface area contributed by atoms with Crippen molar-refractivity contribution in [3.05, 3.63) is 77.7 Å². The molecule has 0 spiro atoms. The lowest BCUT2D eigenvalue weighted by molar-refractivity contribution is -0.136. The highest BCUT2D eigenvalue weighted by molar-refractivity contribution is 6.07. The summed E-state index contributed by atoms with van der Waals surface area (Å²) in [5.41, 5.74) is -0.398. The van der Waals surface area contributed by atoms with Gasteiger partial charge in [-0.05, 0) is 55.6 Å². The van der Waals surface area contributed by atoms with Crippen molar-refractivity contribution in [1.82, 2.24) is 4.90 Å². The number of hydrogen-bond acceptors (Lipinski definition) is 5. The van der Waals surface area contributed by atoms with E-state index in [4.69, 9.17) is 4.42 Å². The normalized spacial score (nSPS) is 14.6. The average molecular weight is 472 g/mol. The van der Waals surface area contributed by atoms with E-state index in [1.807, 2.05) is 11.9 Å². The van der Waals surface area contributed by atoms with Gasteiger partial charge in [0.1, 0.15) is 0 Å². The molecule has 2 heterocycles. The molecule has 10 heteroatoms. The number of furan rings is 1. The summed E-state index contributed by atoms with van der Waals surface area (Å²) in [6.07, 6.45) is -3.30. The van der Waals surface area contributed by atoms with Crippen LogP contribution in [0.5, 0.6) is 0 Å². The molecule has 1 aliphatic rings. The molecule has 0 radical (unpaired) electrons. The van der Waals surface area contributed by atoms with Gasteiger partial charge < -0.3 is 24.9 Å². The van der Waals surface area contributed by atoms with Crippen molar-refractivity contribution in [2.45, 2.75) is 6.18 Å². The molecule has 0 bridgehead atoms. The van der Waals surface area contributed by atoms with Gasteiger partial charge in [-0.3, -0.25) is 9.59 Å². The van der Waals surface area contributed by atoms with Crippen molar-refractivity contribution < 1.29 is 27.2 Å². The van der Waals surface area contributed by atoms with Crippen LogP contribution in [-0.4, -0.2) is 49.9 Å². The van der Waals surface area contributed by atoms with Gasteiger partial charge >= 0.3 is 6.18 Å². The van der Waals surface area contributed by atoms with Gasteiger partial charge in [-0.2, -0.15) is 13.2 Å². The first-order chi connectivity index (χ1) is 16.2. The SMILES string of the molecule is CN1CCN(c2ccc(NC(=O)c3cccc(NC(=O)c4ccco4)c3)c(C(F)(F)F)c2)CC1. The largest absolute Gasteiger partial charge is 0.459 e. The van der Waals surface area contributed by atoms with Crippen LogP contribution in [0.25, 0.3) is 0 Å². The van der Waals surface area contributed by atoms with E-state index in [1.54, 1.807) is 18.2 Å². The summed E-state index contributed by atoms with van der Waals surface area (Å²) in [6, 6.07) is 12.9. The van der Waals surface area contributed by atoms with Gasteiger partial charge in [-0.1, -0.05) is 6.07 Å². The molecular weight excluding hydrogens is 449 g/mol. The van der Waals surface area contributed by atoms with Crippen molar-refractivity contribution in [2.24, 2.45) is 0 Å². The van der Waals surface area contributed by atoms with Gasteiger partial charge in [-0.15, -0.1) is 0 Å². The predicted octanol–water partition coefficient (Wildman–Crippen LogP) is 4.55. The maximum atomic E-state index is 13.8. The number of alkyl halides is 3. The first-order valence-electron chi connectivity index (χ1n) is 10.6. The Morgan fingerprint density at radius 2 is 1.68 bits per heavy atom. The van der Waals surface area contributed by atoms with E-state index in [1.165, 1.54) is 36.6 Å². The molecule has 2 amide bonds. The molecule has 1 saturated heterocycles. The van der Waals surface area contributed by atoms with Crippen molar-refractivity contribution in [2.75, 3.05) is 48.8 Å². The van der Waals surface area contributed by atoms with Gasteiger partial charge in [0.05, 0.1) is 17.5 Å². The molecule has 2 aromatic carbocycles. The van der Waals surface area contributed by atoms with Crippen LogP contribution in [0.2, 0.25) is 0 Å². The maximum absolute atomic E-state index is 13.8. The number of piperazine rings is 1. The molecule has 1 fully saturated rings. The Balaban J connectivity index is 1.52. The molecule has 7 nitrogen and oxygen atoms in total. The fourth-order valence-electron chi connectivity index (χ4n) is 3.67. The third-order valence-electron chi connectivity index (χ3n) is 5.55. The number of anilines is 3. The van der Waals surface area contributed by atoms with Crippen molar-refractivity contribution >= 4 is 28.9 Å². The van der Waals surface area contributed by atoms with Gasteiger partial charge in [0, 0.05) is 43.1 Å². The van der Waals surface area contributed by atoms with Crippen molar-refractivity contribution in [3.63, 3.8) is 0 Å². The summed E-state index contributed by atoms with van der Waals surface area (Å²) in [5, 5.41) is 4.95. The summed E-state index contributed by atoms with van der Waals surface area (Å²) in [6.45, 7) is 2.76. The average Bonchev–Trinajstić information content (AvgIpc) is 3.35. The van der Waals surface area contributed by atoms with E-state index < -0.39 is 23.6 Å². The number of amides is 2. The zero-order valence-electron chi connectivity index (χ0n) is 18.4. The van der Waals surface area contributed by atoms with E-state index >= 15 is 0 Å². The fraction of sp³-hybridized carbons (Fsp3) is 0.250. The van der Waals surface area contributed by atoms with Crippen molar-refractivity contribution in [3.8, 4) is 0 Å². The number of hydrogen-bond donors (Lipinski definition) is 2. The summed E-state index contributed by atoms with van der Waals surface area (Å²) < 4.78 is 46.5. The van der Waals surface area contributed by atoms with Crippen LogP contribution < -0.4 is 15.5 Å². The summed E-state index contributed by atoms with van der Waals surface area (Å²) in [5.74, 6) is -1.15. The van der Waals surface area contributed by atoms with Crippen LogP contribution in [0.15, 0.2) is 65.3 Å². The second kappa shape index (κ2) is 9.60. The molecule has 2 N–H and O–H groups in total. The van der Waals surface area contributed by atoms with Gasteiger partial charge in [0.2, 0.25) is 0 Å². The van der Waals surface area contributed by atoms with Crippen LogP contribution in [0, 0.1) is 0 Å². The molecule has 1 aliphatic heterocycles. The van der Waals surface area contributed by atoms with Crippen LogP contribution in [0.3, 0.4) is 0 Å². The molecule has 0 unspecified atom stereocenters. The molecular formula is C24H23F3N4O3. The standard InChI is InChI=1S/C24H23F3N4O3/c1-30-9-11-31(12-10-30)18-7-8-20(19(15-18)24(25,26)27)29-22(32)16-4-2-5-17(14-16)28-23(33)21-6-3-13-34-21/h2-8,13-15H,9-12H2,1H3,(H,28,33)(H,29,32). The monoisotopic (exact) mass is 472 g/mol. The Morgan fingerprint density at radius 1 is 0.912 bits per heavy atom. The zero-order valence-corrected chi connectivity index (χ0v) is 18.4. The number of nitrogens with one attached hydrogen (secondary N) is 2. The Labute approximate surface area is 194 Å². The molecule has 34 heavy (non-hydrogen) atoms. The molecule has 178 valence electrons. The highest BCUT2D eigenvalue weighted by atomic mass is 19.4. The van der Waals surface area contributed by atoms with E-state index in [2.05, 4.69) is 15.5 Å². The Morgan fingerprint density at radius 3 is 2.35 bits per heavy atom. The molecule has 0 aliphatic carbocycles. The highest BCUT2D eigenvalue weighted by Crippen LogP contribution is 2.37. The number of halogens is 3. The first-order valence-corrected chi connectivity index (χ1v) is 10.6. The number of likely N-dealkylation sites (N-methyl/N-ethyl adjacent to an activating group) is 1. The first kappa shape index (κ1) is 23.4.